The molecule has 0 bridgehead atoms. The van der Waals surface area contributed by atoms with Crippen LogP contribution in [-0.4, -0.2) is 48.4 Å². The first-order valence-electron chi connectivity index (χ1n) is 7.24. The monoisotopic (exact) mass is 302 g/mol. The molecule has 0 saturated carbocycles. The first kappa shape index (κ1) is 14.6. The number of rotatable bonds is 4. The van der Waals surface area contributed by atoms with E-state index in [-0.39, 0.29) is 12.0 Å². The molecule has 116 valence electrons. The van der Waals surface area contributed by atoms with Gasteiger partial charge < -0.3 is 18.9 Å². The highest BCUT2D eigenvalue weighted by Gasteiger charge is 2.27. The highest BCUT2D eigenvalue weighted by atomic mass is 16.5. The number of carbonyl (C=O) groups excluding carboxylic acids is 1. The van der Waals surface area contributed by atoms with Crippen molar-refractivity contribution in [2.45, 2.75) is 13.0 Å². The summed E-state index contributed by atoms with van der Waals surface area (Å²) >= 11 is 0. The third kappa shape index (κ3) is 3.46. The van der Waals surface area contributed by atoms with Crippen LogP contribution in [0.4, 0.5) is 0 Å². The van der Waals surface area contributed by atoms with E-state index in [0.717, 1.165) is 5.75 Å². The van der Waals surface area contributed by atoms with Crippen molar-refractivity contribution in [1.82, 2.24) is 10.1 Å². The lowest BCUT2D eigenvalue weighted by molar-refractivity contribution is -0.0403. The second-order valence-electron chi connectivity index (χ2n) is 5.19. The Kier molecular flexibility index (Phi) is 4.39. The van der Waals surface area contributed by atoms with Crippen LogP contribution < -0.4 is 4.74 Å². The SMILES string of the molecule is Cc1cc(C(=O)N2CCOC(COc3ccccc3)C2)no1. The lowest BCUT2D eigenvalue weighted by Crippen LogP contribution is -2.47. The van der Waals surface area contributed by atoms with Gasteiger partial charge in [0.2, 0.25) is 0 Å². The molecule has 6 heteroatoms. The normalized spacial score (nSPS) is 18.2. The Morgan fingerprint density at radius 1 is 1.41 bits per heavy atom. The average Bonchev–Trinajstić information content (AvgIpc) is 3.00. The highest BCUT2D eigenvalue weighted by molar-refractivity contribution is 5.92. The molecule has 1 saturated heterocycles. The minimum Gasteiger partial charge on any atom is -0.491 e. The van der Waals surface area contributed by atoms with E-state index in [1.807, 2.05) is 30.3 Å². The van der Waals surface area contributed by atoms with Gasteiger partial charge in [-0.05, 0) is 19.1 Å². The minimum atomic E-state index is -0.147. The molecule has 1 aliphatic heterocycles. The van der Waals surface area contributed by atoms with Crippen molar-refractivity contribution in [2.75, 3.05) is 26.3 Å². The Morgan fingerprint density at radius 3 is 2.95 bits per heavy atom. The number of hydrogen-bond donors (Lipinski definition) is 0. The van der Waals surface area contributed by atoms with E-state index < -0.39 is 0 Å². The number of para-hydroxylation sites is 1. The van der Waals surface area contributed by atoms with Crippen LogP contribution in [0.2, 0.25) is 0 Å². The molecule has 3 rings (SSSR count). The largest absolute Gasteiger partial charge is 0.491 e. The van der Waals surface area contributed by atoms with Gasteiger partial charge in [0.25, 0.3) is 5.91 Å². The Morgan fingerprint density at radius 2 is 2.23 bits per heavy atom. The number of carbonyl (C=O) groups is 1. The van der Waals surface area contributed by atoms with Crippen molar-refractivity contribution in [3.05, 3.63) is 47.9 Å². The maximum absolute atomic E-state index is 12.3. The van der Waals surface area contributed by atoms with Gasteiger partial charge in [-0.1, -0.05) is 23.4 Å². The molecule has 0 aliphatic carbocycles. The molecule has 6 nitrogen and oxygen atoms in total. The molecule has 1 aromatic heterocycles. The van der Waals surface area contributed by atoms with Gasteiger partial charge >= 0.3 is 0 Å². The topological polar surface area (TPSA) is 64.8 Å². The van der Waals surface area contributed by atoms with Crippen molar-refractivity contribution < 1.29 is 18.8 Å². The smallest absolute Gasteiger partial charge is 0.276 e. The lowest BCUT2D eigenvalue weighted by Gasteiger charge is -2.32. The Balaban J connectivity index is 1.56. The van der Waals surface area contributed by atoms with Crippen molar-refractivity contribution in [3.63, 3.8) is 0 Å². The van der Waals surface area contributed by atoms with Crippen LogP contribution in [-0.2, 0) is 4.74 Å². The van der Waals surface area contributed by atoms with Crippen LogP contribution in [0.5, 0.6) is 5.75 Å². The van der Waals surface area contributed by atoms with Gasteiger partial charge in [-0.3, -0.25) is 4.79 Å². The van der Waals surface area contributed by atoms with Gasteiger partial charge in [-0.2, -0.15) is 0 Å². The summed E-state index contributed by atoms with van der Waals surface area (Å²) in [6.45, 7) is 3.70. The molecule has 22 heavy (non-hydrogen) atoms. The van der Waals surface area contributed by atoms with Crippen LogP contribution >= 0.6 is 0 Å². The zero-order valence-corrected chi connectivity index (χ0v) is 12.4. The van der Waals surface area contributed by atoms with Crippen molar-refractivity contribution in [3.8, 4) is 5.75 Å². The van der Waals surface area contributed by atoms with Gasteiger partial charge in [0.05, 0.1) is 13.2 Å². The second-order valence-corrected chi connectivity index (χ2v) is 5.19. The quantitative estimate of drug-likeness (QED) is 0.863. The number of morpholine rings is 1. The van der Waals surface area contributed by atoms with Gasteiger partial charge in [-0.25, -0.2) is 0 Å². The van der Waals surface area contributed by atoms with Crippen molar-refractivity contribution in [1.29, 1.82) is 0 Å². The summed E-state index contributed by atoms with van der Waals surface area (Å²) in [6, 6.07) is 11.2. The third-order valence-corrected chi connectivity index (χ3v) is 3.45. The van der Waals surface area contributed by atoms with Crippen LogP contribution in [0.1, 0.15) is 16.2 Å². The van der Waals surface area contributed by atoms with Crippen LogP contribution in [0, 0.1) is 6.92 Å². The molecule has 0 N–H and O–H groups in total. The van der Waals surface area contributed by atoms with Gasteiger partial charge in [0.1, 0.15) is 24.2 Å². The van der Waals surface area contributed by atoms with Crippen molar-refractivity contribution in [2.24, 2.45) is 0 Å². The highest BCUT2D eigenvalue weighted by Crippen LogP contribution is 2.14. The third-order valence-electron chi connectivity index (χ3n) is 3.45. The fourth-order valence-corrected chi connectivity index (χ4v) is 2.34. The average molecular weight is 302 g/mol. The first-order chi connectivity index (χ1) is 10.7. The molecule has 1 amide bonds. The van der Waals surface area contributed by atoms with E-state index in [1.165, 1.54) is 0 Å². The van der Waals surface area contributed by atoms with Crippen LogP contribution in [0.3, 0.4) is 0 Å². The number of benzene rings is 1. The fourth-order valence-electron chi connectivity index (χ4n) is 2.34. The number of nitrogens with zero attached hydrogens (tertiary/aromatic N) is 2. The molecule has 1 atom stereocenters. The number of aryl methyl sites for hydroxylation is 1. The first-order valence-corrected chi connectivity index (χ1v) is 7.24. The summed E-state index contributed by atoms with van der Waals surface area (Å²) in [7, 11) is 0. The minimum absolute atomic E-state index is 0.134. The molecule has 2 heterocycles. The summed E-state index contributed by atoms with van der Waals surface area (Å²) in [5.41, 5.74) is 0.335. The van der Waals surface area contributed by atoms with E-state index in [1.54, 1.807) is 17.9 Å². The number of hydrogen-bond acceptors (Lipinski definition) is 5. The molecule has 1 unspecified atom stereocenters. The lowest BCUT2D eigenvalue weighted by atomic mass is 10.2. The Labute approximate surface area is 128 Å². The van der Waals surface area contributed by atoms with Crippen LogP contribution in [0.25, 0.3) is 0 Å². The van der Waals surface area contributed by atoms with E-state index in [2.05, 4.69) is 5.16 Å². The van der Waals surface area contributed by atoms with E-state index >= 15 is 0 Å². The van der Waals surface area contributed by atoms with Crippen molar-refractivity contribution >= 4 is 5.91 Å². The van der Waals surface area contributed by atoms with Gasteiger partial charge in [0.15, 0.2) is 5.69 Å². The van der Waals surface area contributed by atoms with E-state index in [0.29, 0.717) is 37.8 Å². The Hall–Kier alpha value is -2.34. The van der Waals surface area contributed by atoms with Gasteiger partial charge in [0, 0.05) is 12.6 Å². The second kappa shape index (κ2) is 6.62. The molecule has 1 aromatic carbocycles. The molecule has 0 spiro atoms. The number of amides is 1. The predicted octanol–water partition coefficient (Wildman–Crippen LogP) is 1.90. The predicted molar refractivity (Wildman–Crippen MR) is 78.8 cm³/mol. The summed E-state index contributed by atoms with van der Waals surface area (Å²) in [6.07, 6.45) is -0.147. The number of aromatic nitrogens is 1. The fraction of sp³-hybridized carbons (Fsp3) is 0.375. The summed E-state index contributed by atoms with van der Waals surface area (Å²) in [4.78, 5) is 14.1. The molecular formula is C16H18N2O4. The maximum Gasteiger partial charge on any atom is 0.276 e. The number of ether oxygens (including phenoxy) is 2. The standard InChI is InChI=1S/C16H18N2O4/c1-12-9-15(17-22-12)16(19)18-7-8-20-14(10-18)11-21-13-5-3-2-4-6-13/h2-6,9,14H,7-8,10-11H2,1H3. The van der Waals surface area contributed by atoms with E-state index in [9.17, 15) is 4.79 Å². The molecule has 0 radical (unpaired) electrons. The summed E-state index contributed by atoms with van der Waals surface area (Å²) in [5, 5.41) is 3.77. The zero-order valence-electron chi connectivity index (χ0n) is 12.4. The van der Waals surface area contributed by atoms with Gasteiger partial charge in [-0.15, -0.1) is 0 Å². The molecule has 1 aliphatic rings. The molecular weight excluding hydrogens is 284 g/mol. The van der Waals surface area contributed by atoms with Crippen LogP contribution in [0.15, 0.2) is 40.9 Å². The summed E-state index contributed by atoms with van der Waals surface area (Å²) in [5.74, 6) is 1.28. The molecule has 1 fully saturated rings. The zero-order chi connectivity index (χ0) is 15.4. The Bertz CT molecular complexity index is 626. The maximum atomic E-state index is 12.3. The summed E-state index contributed by atoms with van der Waals surface area (Å²) < 4.78 is 16.3. The van der Waals surface area contributed by atoms with E-state index in [4.69, 9.17) is 14.0 Å². The molecule has 2 aromatic rings.